The molecule has 20 nitrogen and oxygen atoms in total. The minimum absolute atomic E-state index is 0.122. The van der Waals surface area contributed by atoms with Crippen LogP contribution in [-0.2, 0) is 85.8 Å². The average molecular weight is 1000 g/mol. The minimum Gasteiger partial charge on any atom is -0.464 e. The molecule has 9 atom stereocenters. The van der Waals surface area contributed by atoms with E-state index < -0.39 is 85.2 Å². The van der Waals surface area contributed by atoms with E-state index >= 15 is 0 Å². The lowest BCUT2D eigenvalue weighted by molar-refractivity contribution is -0.319. The Morgan fingerprint density at radius 1 is 0.500 bits per heavy atom. The molecule has 0 aliphatic carbocycles. The van der Waals surface area contributed by atoms with Crippen LogP contribution >= 0.6 is 0 Å². The van der Waals surface area contributed by atoms with Crippen molar-refractivity contribution in [3.63, 3.8) is 0 Å². The second-order valence-electron chi connectivity index (χ2n) is 18.1. The van der Waals surface area contributed by atoms with Crippen LogP contribution in [0.1, 0.15) is 184 Å². The van der Waals surface area contributed by atoms with Crippen molar-refractivity contribution in [3.8, 4) is 0 Å². The van der Waals surface area contributed by atoms with E-state index in [1.54, 1.807) is 0 Å². The van der Waals surface area contributed by atoms with Crippen LogP contribution < -0.4 is 10.6 Å². The van der Waals surface area contributed by atoms with Crippen molar-refractivity contribution in [1.29, 1.82) is 0 Å². The number of esters is 6. The van der Waals surface area contributed by atoms with Crippen LogP contribution in [-0.4, -0.2) is 135 Å². The fourth-order valence-corrected chi connectivity index (χ4v) is 8.18. The van der Waals surface area contributed by atoms with Gasteiger partial charge in [0.2, 0.25) is 11.8 Å². The summed E-state index contributed by atoms with van der Waals surface area (Å²) in [6.45, 7) is 11.7. The Kier molecular flexibility index (Phi) is 33.6. The number of hydrogen-bond acceptors (Lipinski definition) is 18. The molecule has 1 rings (SSSR count). The maximum absolute atomic E-state index is 12.4. The zero-order valence-corrected chi connectivity index (χ0v) is 43.3. The SMILES string of the molecule is CC(=O)N[C@H](C)[C@@H](CCCCCCCCOCC(=O)CCCCCCCCCCCC[C@@H](O[C@@H]1O[C@H](COC(C)=O)[C@H](OC(C)=O)[C@H](OC(C)=O)[C@H]1OC(C)=O)[C@@H](COC(C)=O)NC(C)=O)OC(C)=O. The van der Waals surface area contributed by atoms with E-state index in [1.807, 2.05) is 6.92 Å². The lowest BCUT2D eigenvalue weighted by Crippen LogP contribution is -2.64. The molecule has 0 bridgehead atoms. The largest absolute Gasteiger partial charge is 0.464 e. The van der Waals surface area contributed by atoms with Gasteiger partial charge in [0.15, 0.2) is 30.4 Å². The van der Waals surface area contributed by atoms with Gasteiger partial charge in [-0.25, -0.2) is 0 Å². The van der Waals surface area contributed by atoms with E-state index in [9.17, 15) is 43.2 Å². The molecule has 0 aromatic carbocycles. The topological polar surface area (TPSA) is 261 Å². The second kappa shape index (κ2) is 37.1. The summed E-state index contributed by atoms with van der Waals surface area (Å²) in [7, 11) is 0. The van der Waals surface area contributed by atoms with Crippen LogP contribution in [0.25, 0.3) is 0 Å². The molecule has 20 heteroatoms. The van der Waals surface area contributed by atoms with E-state index in [-0.39, 0.29) is 43.0 Å². The average Bonchev–Trinajstić information content (AvgIpc) is 3.25. The summed E-state index contributed by atoms with van der Waals surface area (Å²) < 4.78 is 50.7. The summed E-state index contributed by atoms with van der Waals surface area (Å²) in [5.41, 5.74) is 0. The monoisotopic (exact) mass is 1000 g/mol. The van der Waals surface area contributed by atoms with E-state index in [0.29, 0.717) is 32.3 Å². The molecule has 402 valence electrons. The molecule has 2 amide bonds. The van der Waals surface area contributed by atoms with E-state index in [2.05, 4.69) is 10.6 Å². The molecule has 0 aromatic heterocycles. The smallest absolute Gasteiger partial charge is 0.303 e. The maximum atomic E-state index is 12.4. The number of hydrogen-bond donors (Lipinski definition) is 2. The number of unbranched alkanes of at least 4 members (excludes halogenated alkanes) is 14. The van der Waals surface area contributed by atoms with Gasteiger partial charge in [-0.2, -0.15) is 0 Å². The quantitative estimate of drug-likeness (QED) is 0.0410. The minimum atomic E-state index is -1.49. The summed E-state index contributed by atoms with van der Waals surface area (Å²) in [6.07, 6.45) is 8.52. The molecule has 1 heterocycles. The van der Waals surface area contributed by atoms with Crippen molar-refractivity contribution >= 4 is 53.4 Å². The molecular formula is C50H84N2O18. The lowest BCUT2D eigenvalue weighted by Gasteiger charge is -2.45. The first-order valence-corrected chi connectivity index (χ1v) is 25.1. The first kappa shape index (κ1) is 63.3. The molecule has 0 saturated carbocycles. The fraction of sp³-hybridized carbons (Fsp3) is 0.820. The Morgan fingerprint density at radius 3 is 1.47 bits per heavy atom. The molecule has 1 aliphatic rings. The summed E-state index contributed by atoms with van der Waals surface area (Å²) in [5, 5.41) is 5.57. The normalized spacial score (nSPS) is 19.3. The van der Waals surface area contributed by atoms with E-state index in [0.717, 1.165) is 117 Å². The first-order valence-electron chi connectivity index (χ1n) is 25.1. The van der Waals surface area contributed by atoms with Crippen LogP contribution in [0.5, 0.6) is 0 Å². The molecule has 0 radical (unpaired) electrons. The predicted octanol–water partition coefficient (Wildman–Crippen LogP) is 5.98. The summed E-state index contributed by atoms with van der Waals surface area (Å²) in [5.74, 6) is -4.45. The van der Waals surface area contributed by atoms with Crippen molar-refractivity contribution in [3.05, 3.63) is 0 Å². The number of ketones is 1. The Morgan fingerprint density at radius 2 is 0.971 bits per heavy atom. The molecule has 0 spiro atoms. The van der Waals surface area contributed by atoms with Crippen molar-refractivity contribution in [2.45, 2.75) is 239 Å². The summed E-state index contributed by atoms with van der Waals surface area (Å²) >= 11 is 0. The van der Waals surface area contributed by atoms with E-state index in [4.69, 9.17) is 42.6 Å². The van der Waals surface area contributed by atoms with Crippen molar-refractivity contribution in [1.82, 2.24) is 10.6 Å². The van der Waals surface area contributed by atoms with Gasteiger partial charge in [0.1, 0.15) is 32.0 Å². The number of carbonyl (C=O) groups excluding carboxylic acids is 9. The van der Waals surface area contributed by atoms with Gasteiger partial charge in [-0.05, 0) is 39.0 Å². The molecule has 0 unspecified atom stereocenters. The van der Waals surface area contributed by atoms with E-state index in [1.165, 1.54) is 34.6 Å². The van der Waals surface area contributed by atoms with Crippen molar-refractivity contribution < 1.29 is 85.8 Å². The molecule has 1 saturated heterocycles. The van der Waals surface area contributed by atoms with Crippen LogP contribution in [0.4, 0.5) is 0 Å². The Bertz CT molecular complexity index is 1610. The number of rotatable bonds is 38. The molecule has 2 N–H and O–H groups in total. The van der Waals surface area contributed by atoms with Gasteiger partial charge in [0.05, 0.1) is 18.2 Å². The number of amides is 2. The number of Topliss-reactive ketones (excluding diaryl/α,β-unsaturated/α-hetero) is 1. The van der Waals surface area contributed by atoms with Crippen molar-refractivity contribution in [2.24, 2.45) is 0 Å². The Labute approximate surface area is 414 Å². The second-order valence-corrected chi connectivity index (χ2v) is 18.1. The van der Waals surface area contributed by atoms with Crippen LogP contribution in [0.15, 0.2) is 0 Å². The highest BCUT2D eigenvalue weighted by Crippen LogP contribution is 2.32. The highest BCUT2D eigenvalue weighted by molar-refractivity contribution is 5.79. The standard InChI is InChI=1S/C50H84N2O18/c1-33(51-34(2)53)44(65-38(6)57)27-23-19-16-17-21-25-29-62-30-42(61)26-22-18-14-12-10-11-13-15-20-24-28-45(43(52-35(3)54)31-63-36(4)55)69-50-49(68-41(9)60)48(67-40(8)59)47(66-39(7)58)46(70-50)32-64-37(5)56/h33,43-50H,10-32H2,1-9H3,(H,51,53)(H,52,54)/t33-,43-,44-,45-,46-,47+,48+,49-,50-/m1/s1. The summed E-state index contributed by atoms with van der Waals surface area (Å²) in [6, 6.07) is -1.12. The Balaban J connectivity index is 2.56. The van der Waals surface area contributed by atoms with Crippen LogP contribution in [0, 0.1) is 0 Å². The first-order chi connectivity index (χ1) is 33.2. The van der Waals surface area contributed by atoms with Gasteiger partial charge >= 0.3 is 35.8 Å². The zero-order chi connectivity index (χ0) is 52.4. The molecule has 0 aromatic rings. The van der Waals surface area contributed by atoms with Crippen LogP contribution in [0.2, 0.25) is 0 Å². The lowest BCUT2D eigenvalue weighted by atomic mass is 9.97. The van der Waals surface area contributed by atoms with Gasteiger partial charge in [-0.15, -0.1) is 0 Å². The van der Waals surface area contributed by atoms with Gasteiger partial charge in [-0.3, -0.25) is 43.2 Å². The van der Waals surface area contributed by atoms with Gasteiger partial charge < -0.3 is 53.3 Å². The van der Waals surface area contributed by atoms with Crippen molar-refractivity contribution in [2.75, 3.05) is 26.4 Å². The third-order valence-corrected chi connectivity index (χ3v) is 11.4. The number of ether oxygens (including phenoxy) is 9. The third-order valence-electron chi connectivity index (χ3n) is 11.4. The highest BCUT2D eigenvalue weighted by Gasteiger charge is 2.53. The maximum Gasteiger partial charge on any atom is 0.303 e. The predicted molar refractivity (Wildman–Crippen MR) is 253 cm³/mol. The number of nitrogens with one attached hydrogen (secondary N) is 2. The molecule has 70 heavy (non-hydrogen) atoms. The zero-order valence-electron chi connectivity index (χ0n) is 43.3. The highest BCUT2D eigenvalue weighted by atomic mass is 16.7. The fourth-order valence-electron chi connectivity index (χ4n) is 8.18. The molecule has 1 aliphatic heterocycles. The van der Waals surface area contributed by atoms with Gasteiger partial charge in [0.25, 0.3) is 0 Å². The number of carbonyl (C=O) groups is 9. The summed E-state index contributed by atoms with van der Waals surface area (Å²) in [4.78, 5) is 108. The van der Waals surface area contributed by atoms with Gasteiger partial charge in [-0.1, -0.05) is 83.5 Å². The van der Waals surface area contributed by atoms with Crippen LogP contribution in [0.3, 0.4) is 0 Å². The molecular weight excluding hydrogens is 917 g/mol. The molecule has 1 fully saturated rings. The Hall–Kier alpha value is -4.69. The third kappa shape index (κ3) is 30.8. The van der Waals surface area contributed by atoms with Gasteiger partial charge in [0, 0.05) is 68.4 Å².